The highest BCUT2D eigenvalue weighted by molar-refractivity contribution is 7.89. The van der Waals surface area contributed by atoms with Crippen molar-refractivity contribution in [3.8, 4) is 0 Å². The fourth-order valence-electron chi connectivity index (χ4n) is 2.56. The lowest BCUT2D eigenvalue weighted by atomic mass is 10.2. The summed E-state index contributed by atoms with van der Waals surface area (Å²) in [6.07, 6.45) is 3.03. The fourth-order valence-corrected chi connectivity index (χ4v) is 3.69. The lowest BCUT2D eigenvalue weighted by molar-refractivity contribution is 0.581. The molecule has 1 aliphatic heterocycles. The van der Waals surface area contributed by atoms with E-state index in [0.717, 1.165) is 31.5 Å². The molecule has 1 atom stereocenters. The van der Waals surface area contributed by atoms with Crippen molar-refractivity contribution in [3.05, 3.63) is 24.3 Å². The van der Waals surface area contributed by atoms with Gasteiger partial charge in [0.1, 0.15) is 0 Å². The Bertz CT molecular complexity index is 528. The molecule has 0 aromatic heterocycles. The Kier molecular flexibility index (Phi) is 5.01. The standard InChI is InChI=1S/C14H23N3O2S/c1-2-9-16-20(18,19)14-7-5-12(6-8-14)17-10-3-4-13(17)11-15/h5-8,13,16H,2-4,9-11,15H2,1H3. The first-order valence-electron chi connectivity index (χ1n) is 7.15. The van der Waals surface area contributed by atoms with Gasteiger partial charge in [-0.1, -0.05) is 6.92 Å². The van der Waals surface area contributed by atoms with Crippen molar-refractivity contribution in [2.75, 3.05) is 24.5 Å². The topological polar surface area (TPSA) is 75.4 Å². The smallest absolute Gasteiger partial charge is 0.240 e. The number of nitrogens with zero attached hydrogens (tertiary/aromatic N) is 1. The van der Waals surface area contributed by atoms with E-state index < -0.39 is 10.0 Å². The van der Waals surface area contributed by atoms with Gasteiger partial charge >= 0.3 is 0 Å². The van der Waals surface area contributed by atoms with Crippen molar-refractivity contribution in [2.45, 2.75) is 37.1 Å². The Morgan fingerprint density at radius 2 is 2.05 bits per heavy atom. The molecule has 6 heteroatoms. The number of anilines is 1. The fraction of sp³-hybridized carbons (Fsp3) is 0.571. The van der Waals surface area contributed by atoms with Gasteiger partial charge in [-0.25, -0.2) is 13.1 Å². The summed E-state index contributed by atoms with van der Waals surface area (Å²) in [5.41, 5.74) is 6.82. The number of hydrogen-bond acceptors (Lipinski definition) is 4. The Labute approximate surface area is 121 Å². The molecular formula is C14H23N3O2S. The van der Waals surface area contributed by atoms with Crippen LogP contribution in [0, 0.1) is 0 Å². The van der Waals surface area contributed by atoms with Crippen LogP contribution in [0.15, 0.2) is 29.2 Å². The number of rotatable bonds is 6. The lowest BCUT2D eigenvalue weighted by Gasteiger charge is -2.25. The number of nitrogens with two attached hydrogens (primary N) is 1. The summed E-state index contributed by atoms with van der Waals surface area (Å²) in [4.78, 5) is 2.58. The summed E-state index contributed by atoms with van der Waals surface area (Å²) in [5, 5.41) is 0. The van der Waals surface area contributed by atoms with Gasteiger partial charge in [-0.05, 0) is 43.5 Å². The molecule has 1 aromatic carbocycles. The molecule has 1 saturated heterocycles. The molecule has 112 valence electrons. The van der Waals surface area contributed by atoms with E-state index in [1.807, 2.05) is 19.1 Å². The van der Waals surface area contributed by atoms with E-state index in [9.17, 15) is 8.42 Å². The zero-order chi connectivity index (χ0) is 14.6. The van der Waals surface area contributed by atoms with Crippen LogP contribution in [0.5, 0.6) is 0 Å². The van der Waals surface area contributed by atoms with Crippen molar-refractivity contribution in [3.63, 3.8) is 0 Å². The maximum atomic E-state index is 12.0. The average Bonchev–Trinajstić information content (AvgIpc) is 2.94. The second-order valence-electron chi connectivity index (χ2n) is 5.12. The van der Waals surface area contributed by atoms with Crippen molar-refractivity contribution in [1.29, 1.82) is 0 Å². The third-order valence-corrected chi connectivity index (χ3v) is 5.15. The Morgan fingerprint density at radius 3 is 2.65 bits per heavy atom. The number of benzene rings is 1. The Hall–Kier alpha value is -1.11. The first-order valence-corrected chi connectivity index (χ1v) is 8.63. The summed E-state index contributed by atoms with van der Waals surface area (Å²) in [6.45, 7) is 4.03. The molecule has 1 aromatic rings. The number of hydrogen-bond donors (Lipinski definition) is 2. The molecule has 5 nitrogen and oxygen atoms in total. The van der Waals surface area contributed by atoms with Crippen LogP contribution in [-0.2, 0) is 10.0 Å². The van der Waals surface area contributed by atoms with Crippen molar-refractivity contribution in [2.24, 2.45) is 5.73 Å². The van der Waals surface area contributed by atoms with E-state index in [-0.39, 0.29) is 0 Å². The summed E-state index contributed by atoms with van der Waals surface area (Å²) in [7, 11) is -3.38. The highest BCUT2D eigenvalue weighted by Gasteiger charge is 2.23. The van der Waals surface area contributed by atoms with Crippen LogP contribution in [0.1, 0.15) is 26.2 Å². The summed E-state index contributed by atoms with van der Waals surface area (Å²) < 4.78 is 26.6. The van der Waals surface area contributed by atoms with Crippen molar-refractivity contribution >= 4 is 15.7 Å². The van der Waals surface area contributed by atoms with Gasteiger partial charge < -0.3 is 10.6 Å². The molecule has 1 unspecified atom stereocenters. The molecule has 2 rings (SSSR count). The quantitative estimate of drug-likeness (QED) is 0.830. The van der Waals surface area contributed by atoms with Gasteiger partial charge in [0.25, 0.3) is 0 Å². The molecule has 0 saturated carbocycles. The third kappa shape index (κ3) is 3.31. The molecule has 1 heterocycles. The van der Waals surface area contributed by atoms with Crippen LogP contribution in [0.25, 0.3) is 0 Å². The molecule has 1 fully saturated rings. The largest absolute Gasteiger partial charge is 0.367 e. The monoisotopic (exact) mass is 297 g/mol. The summed E-state index contributed by atoms with van der Waals surface area (Å²) in [6, 6.07) is 7.44. The SMILES string of the molecule is CCCNS(=O)(=O)c1ccc(N2CCCC2CN)cc1. The molecule has 0 amide bonds. The zero-order valence-corrected chi connectivity index (χ0v) is 12.7. The van der Waals surface area contributed by atoms with Crippen LogP contribution < -0.4 is 15.4 Å². The van der Waals surface area contributed by atoms with Gasteiger partial charge in [0, 0.05) is 31.4 Å². The van der Waals surface area contributed by atoms with E-state index in [2.05, 4.69) is 9.62 Å². The second kappa shape index (κ2) is 6.56. The van der Waals surface area contributed by atoms with Crippen LogP contribution in [0.3, 0.4) is 0 Å². The van der Waals surface area contributed by atoms with E-state index in [1.54, 1.807) is 12.1 Å². The Morgan fingerprint density at radius 1 is 1.35 bits per heavy atom. The predicted molar refractivity (Wildman–Crippen MR) is 81.3 cm³/mol. The lowest BCUT2D eigenvalue weighted by Crippen LogP contribution is -2.35. The van der Waals surface area contributed by atoms with Crippen molar-refractivity contribution < 1.29 is 8.42 Å². The first kappa shape index (κ1) is 15.3. The Balaban J connectivity index is 2.14. The highest BCUT2D eigenvalue weighted by Crippen LogP contribution is 2.26. The molecule has 0 aliphatic carbocycles. The number of nitrogens with one attached hydrogen (secondary N) is 1. The zero-order valence-electron chi connectivity index (χ0n) is 11.9. The summed E-state index contributed by atoms with van der Waals surface area (Å²) >= 11 is 0. The van der Waals surface area contributed by atoms with E-state index >= 15 is 0 Å². The predicted octanol–water partition coefficient (Wildman–Crippen LogP) is 1.30. The van der Waals surface area contributed by atoms with E-state index in [0.29, 0.717) is 24.0 Å². The maximum Gasteiger partial charge on any atom is 0.240 e. The number of sulfonamides is 1. The van der Waals surface area contributed by atoms with Crippen LogP contribution in [-0.4, -0.2) is 34.1 Å². The molecule has 0 bridgehead atoms. The van der Waals surface area contributed by atoms with E-state index in [4.69, 9.17) is 5.73 Å². The van der Waals surface area contributed by atoms with Gasteiger partial charge in [-0.2, -0.15) is 0 Å². The van der Waals surface area contributed by atoms with Crippen LogP contribution in [0.4, 0.5) is 5.69 Å². The first-order chi connectivity index (χ1) is 9.58. The van der Waals surface area contributed by atoms with Gasteiger partial charge in [0.05, 0.1) is 4.90 Å². The minimum absolute atomic E-state index is 0.318. The van der Waals surface area contributed by atoms with Crippen molar-refractivity contribution in [1.82, 2.24) is 4.72 Å². The van der Waals surface area contributed by atoms with E-state index in [1.165, 1.54) is 0 Å². The second-order valence-corrected chi connectivity index (χ2v) is 6.88. The normalized spacial score (nSPS) is 19.5. The van der Waals surface area contributed by atoms with Crippen LogP contribution in [0.2, 0.25) is 0 Å². The average molecular weight is 297 g/mol. The highest BCUT2D eigenvalue weighted by atomic mass is 32.2. The van der Waals surface area contributed by atoms with Gasteiger partial charge in [-0.15, -0.1) is 0 Å². The molecule has 0 radical (unpaired) electrons. The van der Waals surface area contributed by atoms with Gasteiger partial charge in [0.15, 0.2) is 0 Å². The maximum absolute atomic E-state index is 12.0. The molecular weight excluding hydrogens is 274 g/mol. The minimum Gasteiger partial charge on any atom is -0.367 e. The van der Waals surface area contributed by atoms with Gasteiger partial charge in [0.2, 0.25) is 10.0 Å². The third-order valence-electron chi connectivity index (χ3n) is 3.67. The van der Waals surface area contributed by atoms with Crippen LogP contribution >= 0.6 is 0 Å². The minimum atomic E-state index is -3.38. The molecule has 0 spiro atoms. The van der Waals surface area contributed by atoms with Gasteiger partial charge in [-0.3, -0.25) is 0 Å². The molecule has 3 N–H and O–H groups in total. The molecule has 20 heavy (non-hydrogen) atoms. The summed E-state index contributed by atoms with van der Waals surface area (Å²) in [5.74, 6) is 0. The molecule has 1 aliphatic rings.